The third-order valence-corrected chi connectivity index (χ3v) is 3.60. The molecule has 1 atom stereocenters. The molecule has 1 aliphatic rings. The van der Waals surface area contributed by atoms with Gasteiger partial charge in [0.1, 0.15) is 0 Å². The summed E-state index contributed by atoms with van der Waals surface area (Å²) in [5, 5.41) is 11.5. The van der Waals surface area contributed by atoms with Crippen molar-refractivity contribution in [3.8, 4) is 0 Å². The molecule has 1 saturated heterocycles. The second-order valence-electron chi connectivity index (χ2n) is 5.72. The molecule has 0 bridgehead atoms. The Morgan fingerprint density at radius 2 is 2.00 bits per heavy atom. The minimum Gasteiger partial charge on any atom is -0.481 e. The third kappa shape index (κ3) is 6.75. The molecule has 0 aliphatic carbocycles. The van der Waals surface area contributed by atoms with E-state index in [9.17, 15) is 9.59 Å². The molecule has 1 aliphatic heterocycles. The van der Waals surface area contributed by atoms with Crippen molar-refractivity contribution in [3.63, 3.8) is 0 Å². The van der Waals surface area contributed by atoms with Crippen LogP contribution >= 0.6 is 0 Å². The second-order valence-corrected chi connectivity index (χ2v) is 5.72. The van der Waals surface area contributed by atoms with Crippen LogP contribution in [-0.2, 0) is 4.79 Å². The minimum absolute atomic E-state index is 0.100. The fraction of sp³-hybridized carbons (Fsp3) is 0.857. The van der Waals surface area contributed by atoms with E-state index in [1.54, 1.807) is 11.9 Å². The van der Waals surface area contributed by atoms with Crippen molar-refractivity contribution in [2.75, 3.05) is 39.8 Å². The van der Waals surface area contributed by atoms with Crippen LogP contribution in [0.15, 0.2) is 0 Å². The normalized spacial score (nSPS) is 16.9. The number of urea groups is 1. The Kier molecular flexibility index (Phi) is 7.36. The molecule has 0 aromatic rings. The smallest absolute Gasteiger partial charge is 0.317 e. The summed E-state index contributed by atoms with van der Waals surface area (Å²) in [6.07, 6.45) is 3.16. The minimum atomic E-state index is -0.821. The number of nitrogens with zero attached hydrogens (tertiary/aromatic N) is 2. The number of carboxylic acids is 1. The molecule has 1 rings (SSSR count). The first-order valence-electron chi connectivity index (χ1n) is 7.42. The number of aliphatic carboxylic acids is 1. The Labute approximate surface area is 121 Å². The maximum atomic E-state index is 11.8. The van der Waals surface area contributed by atoms with Gasteiger partial charge in [-0.2, -0.15) is 0 Å². The van der Waals surface area contributed by atoms with Gasteiger partial charge in [0, 0.05) is 33.1 Å². The summed E-state index contributed by atoms with van der Waals surface area (Å²) in [6, 6.07) is -0.122. The number of carboxylic acid groups (broad SMARTS) is 1. The Hall–Kier alpha value is -1.30. The number of hydrogen-bond donors (Lipinski definition) is 2. The fourth-order valence-electron chi connectivity index (χ4n) is 2.44. The van der Waals surface area contributed by atoms with Crippen molar-refractivity contribution in [2.24, 2.45) is 5.92 Å². The number of likely N-dealkylation sites (tertiary alicyclic amines) is 1. The summed E-state index contributed by atoms with van der Waals surface area (Å²) in [5.41, 5.74) is 0. The van der Waals surface area contributed by atoms with Gasteiger partial charge in [-0.25, -0.2) is 4.79 Å². The second kappa shape index (κ2) is 8.79. The highest BCUT2D eigenvalue weighted by Crippen LogP contribution is 2.09. The lowest BCUT2D eigenvalue weighted by Gasteiger charge is -2.22. The lowest BCUT2D eigenvalue weighted by molar-refractivity contribution is -0.137. The molecule has 1 heterocycles. The standard InChI is InChI=1S/C14H27N3O3/c1-12(11-17-8-3-4-9-17)10-15-14(20)16(2)7-5-6-13(18)19/h12H,3-11H2,1-2H3,(H,15,20)(H,18,19). The molecule has 6 nitrogen and oxygen atoms in total. The summed E-state index contributed by atoms with van der Waals surface area (Å²) in [4.78, 5) is 26.2. The number of hydrogen-bond acceptors (Lipinski definition) is 3. The van der Waals surface area contributed by atoms with Crippen molar-refractivity contribution in [2.45, 2.75) is 32.6 Å². The molecule has 2 N–H and O–H groups in total. The van der Waals surface area contributed by atoms with E-state index in [1.807, 2.05) is 0 Å². The monoisotopic (exact) mass is 285 g/mol. The summed E-state index contributed by atoms with van der Waals surface area (Å²) >= 11 is 0. The van der Waals surface area contributed by atoms with Crippen LogP contribution in [0, 0.1) is 5.92 Å². The van der Waals surface area contributed by atoms with Gasteiger partial charge in [-0.1, -0.05) is 6.92 Å². The zero-order valence-corrected chi connectivity index (χ0v) is 12.6. The first-order valence-corrected chi connectivity index (χ1v) is 7.42. The van der Waals surface area contributed by atoms with E-state index >= 15 is 0 Å². The maximum absolute atomic E-state index is 11.8. The molecule has 6 heteroatoms. The maximum Gasteiger partial charge on any atom is 0.317 e. The van der Waals surface area contributed by atoms with Crippen molar-refractivity contribution in [1.82, 2.24) is 15.1 Å². The zero-order valence-electron chi connectivity index (χ0n) is 12.6. The Balaban J connectivity index is 2.12. The van der Waals surface area contributed by atoms with E-state index in [0.29, 0.717) is 25.4 Å². The van der Waals surface area contributed by atoms with Gasteiger partial charge in [-0.3, -0.25) is 4.79 Å². The molecule has 0 spiro atoms. The van der Waals surface area contributed by atoms with Crippen molar-refractivity contribution >= 4 is 12.0 Å². The van der Waals surface area contributed by atoms with Gasteiger partial charge in [0.15, 0.2) is 0 Å². The van der Waals surface area contributed by atoms with Crippen molar-refractivity contribution in [3.05, 3.63) is 0 Å². The van der Waals surface area contributed by atoms with E-state index in [2.05, 4.69) is 17.1 Å². The van der Waals surface area contributed by atoms with Gasteiger partial charge < -0.3 is 20.2 Å². The van der Waals surface area contributed by atoms with E-state index in [1.165, 1.54) is 25.9 Å². The lowest BCUT2D eigenvalue weighted by Crippen LogP contribution is -2.41. The SMILES string of the molecule is CC(CNC(=O)N(C)CCCC(=O)O)CN1CCCC1. The third-order valence-electron chi connectivity index (χ3n) is 3.60. The van der Waals surface area contributed by atoms with Gasteiger partial charge in [-0.15, -0.1) is 0 Å². The lowest BCUT2D eigenvalue weighted by atomic mass is 10.1. The van der Waals surface area contributed by atoms with Crippen LogP contribution in [0.2, 0.25) is 0 Å². The number of amides is 2. The van der Waals surface area contributed by atoms with Gasteiger partial charge in [0.05, 0.1) is 0 Å². The predicted molar refractivity (Wildman–Crippen MR) is 77.7 cm³/mol. The molecule has 2 amide bonds. The molecular weight excluding hydrogens is 258 g/mol. The summed E-state index contributed by atoms with van der Waals surface area (Å²) in [7, 11) is 1.70. The number of carbonyl (C=O) groups excluding carboxylic acids is 1. The van der Waals surface area contributed by atoms with Crippen LogP contribution < -0.4 is 5.32 Å². The Bertz CT molecular complexity index is 317. The molecular formula is C14H27N3O3. The number of carbonyl (C=O) groups is 2. The molecule has 1 fully saturated rings. The van der Waals surface area contributed by atoms with Crippen LogP contribution in [0.5, 0.6) is 0 Å². The molecule has 0 radical (unpaired) electrons. The molecule has 0 saturated carbocycles. The Morgan fingerprint density at radius 3 is 2.60 bits per heavy atom. The first kappa shape index (κ1) is 16.8. The van der Waals surface area contributed by atoms with Crippen LogP contribution in [0.4, 0.5) is 4.79 Å². The van der Waals surface area contributed by atoms with Crippen molar-refractivity contribution in [1.29, 1.82) is 0 Å². The topological polar surface area (TPSA) is 72.9 Å². The quantitative estimate of drug-likeness (QED) is 0.703. The van der Waals surface area contributed by atoms with Gasteiger partial charge in [0.2, 0.25) is 0 Å². The highest BCUT2D eigenvalue weighted by atomic mass is 16.4. The molecule has 0 aromatic carbocycles. The van der Waals surface area contributed by atoms with Gasteiger partial charge in [-0.05, 0) is 38.3 Å². The highest BCUT2D eigenvalue weighted by Gasteiger charge is 2.16. The van der Waals surface area contributed by atoms with Gasteiger partial charge >= 0.3 is 12.0 Å². The highest BCUT2D eigenvalue weighted by molar-refractivity contribution is 5.73. The van der Waals surface area contributed by atoms with E-state index < -0.39 is 5.97 Å². The molecule has 20 heavy (non-hydrogen) atoms. The number of nitrogens with one attached hydrogen (secondary N) is 1. The summed E-state index contributed by atoms with van der Waals surface area (Å²) in [6.45, 7) is 6.66. The average Bonchev–Trinajstić information content (AvgIpc) is 2.88. The van der Waals surface area contributed by atoms with Crippen molar-refractivity contribution < 1.29 is 14.7 Å². The van der Waals surface area contributed by atoms with E-state index in [4.69, 9.17) is 5.11 Å². The zero-order chi connectivity index (χ0) is 15.0. The fourth-order valence-corrected chi connectivity index (χ4v) is 2.44. The average molecular weight is 285 g/mol. The molecule has 0 aromatic heterocycles. The number of rotatable bonds is 8. The summed E-state index contributed by atoms with van der Waals surface area (Å²) < 4.78 is 0. The van der Waals surface area contributed by atoms with Crippen LogP contribution in [0.3, 0.4) is 0 Å². The van der Waals surface area contributed by atoms with Crippen LogP contribution in [0.25, 0.3) is 0 Å². The summed E-state index contributed by atoms with van der Waals surface area (Å²) in [5.74, 6) is -0.387. The largest absolute Gasteiger partial charge is 0.481 e. The van der Waals surface area contributed by atoms with Gasteiger partial charge in [0.25, 0.3) is 0 Å². The Morgan fingerprint density at radius 1 is 1.35 bits per heavy atom. The molecule has 1 unspecified atom stereocenters. The predicted octanol–water partition coefficient (Wildman–Crippen LogP) is 1.22. The first-order chi connectivity index (χ1) is 9.49. The molecule has 116 valence electrons. The van der Waals surface area contributed by atoms with Crippen LogP contribution in [-0.4, -0.2) is 66.7 Å². The van der Waals surface area contributed by atoms with E-state index in [-0.39, 0.29) is 12.5 Å². The van der Waals surface area contributed by atoms with E-state index in [0.717, 1.165) is 6.54 Å². The van der Waals surface area contributed by atoms with Crippen LogP contribution in [0.1, 0.15) is 32.6 Å².